The summed E-state index contributed by atoms with van der Waals surface area (Å²) in [6.07, 6.45) is 2.16. The summed E-state index contributed by atoms with van der Waals surface area (Å²) < 4.78 is 0. The largest absolute Gasteiger partial charge is 0.353 e. The first-order valence-corrected chi connectivity index (χ1v) is 9.19. The molecular weight excluding hydrogens is 292 g/mol. The average Bonchev–Trinajstić information content (AvgIpc) is 2.52. The second kappa shape index (κ2) is 10.7. The molecule has 0 aliphatic rings. The van der Waals surface area contributed by atoms with Crippen LogP contribution in [0.2, 0.25) is 0 Å². The summed E-state index contributed by atoms with van der Waals surface area (Å²) in [6.45, 7) is 11.8. The number of nitrogens with one attached hydrogen (secondary N) is 1. The lowest BCUT2D eigenvalue weighted by molar-refractivity contribution is -0.120. The lowest BCUT2D eigenvalue weighted by Gasteiger charge is -2.20. The van der Waals surface area contributed by atoms with E-state index in [4.69, 9.17) is 0 Å². The number of rotatable bonds is 10. The van der Waals surface area contributed by atoms with E-state index >= 15 is 0 Å². The highest BCUT2D eigenvalue weighted by molar-refractivity contribution is 8.00. The van der Waals surface area contributed by atoms with Gasteiger partial charge >= 0.3 is 0 Å². The number of amides is 1. The van der Waals surface area contributed by atoms with E-state index in [1.807, 2.05) is 37.3 Å². The summed E-state index contributed by atoms with van der Waals surface area (Å²) in [5, 5.41) is 3.07. The predicted octanol–water partition coefficient (Wildman–Crippen LogP) is 3.79. The maximum Gasteiger partial charge on any atom is 0.233 e. The van der Waals surface area contributed by atoms with E-state index in [-0.39, 0.29) is 17.2 Å². The fourth-order valence-corrected chi connectivity index (χ4v) is 3.25. The van der Waals surface area contributed by atoms with Crippen LogP contribution in [-0.4, -0.2) is 41.7 Å². The van der Waals surface area contributed by atoms with Crippen molar-refractivity contribution in [1.29, 1.82) is 0 Å². The van der Waals surface area contributed by atoms with Crippen LogP contribution in [0.15, 0.2) is 35.2 Å². The number of nitrogens with zero attached hydrogens (tertiary/aromatic N) is 1. The van der Waals surface area contributed by atoms with Gasteiger partial charge in [-0.05, 0) is 58.5 Å². The third-order valence-electron chi connectivity index (χ3n) is 3.82. The molecule has 1 rings (SSSR count). The van der Waals surface area contributed by atoms with Crippen molar-refractivity contribution in [3.63, 3.8) is 0 Å². The first-order valence-electron chi connectivity index (χ1n) is 8.31. The third-order valence-corrected chi connectivity index (χ3v) is 4.93. The third kappa shape index (κ3) is 7.32. The quantitative estimate of drug-likeness (QED) is 0.665. The summed E-state index contributed by atoms with van der Waals surface area (Å²) in [5.41, 5.74) is 0. The zero-order valence-corrected chi connectivity index (χ0v) is 15.2. The smallest absolute Gasteiger partial charge is 0.233 e. The van der Waals surface area contributed by atoms with E-state index in [0.717, 1.165) is 37.4 Å². The number of carbonyl (C=O) groups excluding carboxylic acids is 1. The molecule has 3 nitrogen and oxygen atoms in total. The van der Waals surface area contributed by atoms with Gasteiger partial charge in [-0.25, -0.2) is 0 Å². The van der Waals surface area contributed by atoms with E-state index in [1.54, 1.807) is 11.8 Å². The monoisotopic (exact) mass is 322 g/mol. The van der Waals surface area contributed by atoms with Crippen LogP contribution in [0, 0.1) is 0 Å². The molecule has 1 amide bonds. The van der Waals surface area contributed by atoms with Crippen LogP contribution >= 0.6 is 11.8 Å². The van der Waals surface area contributed by atoms with E-state index in [9.17, 15) is 4.79 Å². The van der Waals surface area contributed by atoms with Crippen LogP contribution < -0.4 is 5.32 Å². The van der Waals surface area contributed by atoms with Crippen molar-refractivity contribution in [1.82, 2.24) is 10.2 Å². The Balaban J connectivity index is 2.28. The van der Waals surface area contributed by atoms with Crippen molar-refractivity contribution in [2.24, 2.45) is 0 Å². The van der Waals surface area contributed by atoms with Crippen LogP contribution in [0.5, 0.6) is 0 Å². The summed E-state index contributed by atoms with van der Waals surface area (Å²) in [5.74, 6) is 0.129. The molecule has 0 spiro atoms. The van der Waals surface area contributed by atoms with Gasteiger partial charge < -0.3 is 10.2 Å². The van der Waals surface area contributed by atoms with Crippen molar-refractivity contribution < 1.29 is 4.79 Å². The fraction of sp³-hybridized carbons (Fsp3) is 0.611. The molecule has 0 saturated heterocycles. The minimum absolute atomic E-state index is 0.0624. The molecule has 124 valence electrons. The van der Waals surface area contributed by atoms with Crippen molar-refractivity contribution in [2.75, 3.05) is 19.6 Å². The molecule has 0 radical (unpaired) electrons. The molecule has 1 aromatic rings. The van der Waals surface area contributed by atoms with Gasteiger partial charge in [0.15, 0.2) is 0 Å². The van der Waals surface area contributed by atoms with Crippen molar-refractivity contribution in [2.45, 2.75) is 56.7 Å². The lowest BCUT2D eigenvalue weighted by atomic mass is 10.1. The molecule has 0 bridgehead atoms. The molecule has 1 N–H and O–H groups in total. The van der Waals surface area contributed by atoms with Gasteiger partial charge in [0.05, 0.1) is 5.25 Å². The predicted molar refractivity (Wildman–Crippen MR) is 96.4 cm³/mol. The van der Waals surface area contributed by atoms with Gasteiger partial charge in [0.25, 0.3) is 0 Å². The van der Waals surface area contributed by atoms with Crippen molar-refractivity contribution in [3.05, 3.63) is 30.3 Å². The van der Waals surface area contributed by atoms with E-state index < -0.39 is 0 Å². The standard InChI is InChI=1S/C18H30N2OS/c1-5-20(6-2)14-10-11-15(3)19-18(21)16(4)22-17-12-8-7-9-13-17/h7-9,12-13,15-16H,5-6,10-11,14H2,1-4H3,(H,19,21)/t15-,16+/m1/s1. The molecule has 0 aliphatic heterocycles. The Bertz CT molecular complexity index is 420. The van der Waals surface area contributed by atoms with Crippen LogP contribution in [-0.2, 0) is 4.79 Å². The van der Waals surface area contributed by atoms with Crippen molar-refractivity contribution >= 4 is 17.7 Å². The average molecular weight is 323 g/mol. The van der Waals surface area contributed by atoms with E-state index in [1.165, 1.54) is 0 Å². The minimum atomic E-state index is -0.0624. The zero-order chi connectivity index (χ0) is 16.4. The van der Waals surface area contributed by atoms with Gasteiger partial charge in [0.2, 0.25) is 5.91 Å². The molecule has 4 heteroatoms. The van der Waals surface area contributed by atoms with E-state index in [0.29, 0.717) is 0 Å². The SMILES string of the molecule is CCN(CC)CCC[C@@H](C)NC(=O)[C@H](C)Sc1ccccc1. The maximum absolute atomic E-state index is 12.2. The molecule has 22 heavy (non-hydrogen) atoms. The van der Waals surface area contributed by atoms with Gasteiger partial charge in [-0.3, -0.25) is 4.79 Å². The van der Waals surface area contributed by atoms with Gasteiger partial charge in [0.1, 0.15) is 0 Å². The number of hydrogen-bond donors (Lipinski definition) is 1. The molecule has 0 aliphatic carbocycles. The molecular formula is C18H30N2OS. The second-order valence-corrected chi connectivity index (χ2v) is 7.07. The summed E-state index contributed by atoms with van der Waals surface area (Å²) in [6, 6.07) is 10.3. The Morgan fingerprint density at radius 1 is 1.18 bits per heavy atom. The Morgan fingerprint density at radius 2 is 1.82 bits per heavy atom. The minimum Gasteiger partial charge on any atom is -0.353 e. The zero-order valence-electron chi connectivity index (χ0n) is 14.3. The first-order chi connectivity index (χ1) is 10.6. The normalized spacial score (nSPS) is 13.9. The molecule has 0 saturated carbocycles. The Morgan fingerprint density at radius 3 is 2.41 bits per heavy atom. The summed E-state index contributed by atoms with van der Waals surface area (Å²) in [7, 11) is 0. The topological polar surface area (TPSA) is 32.3 Å². The molecule has 0 fully saturated rings. The van der Waals surface area contributed by atoms with Gasteiger partial charge in [0, 0.05) is 10.9 Å². The van der Waals surface area contributed by atoms with Gasteiger partial charge in [-0.1, -0.05) is 32.0 Å². The highest BCUT2D eigenvalue weighted by Crippen LogP contribution is 2.22. The Labute approximate surface area is 139 Å². The number of hydrogen-bond acceptors (Lipinski definition) is 3. The first kappa shape index (κ1) is 19.0. The number of benzene rings is 1. The molecule has 0 aromatic heterocycles. The van der Waals surface area contributed by atoms with Crippen LogP contribution in [0.3, 0.4) is 0 Å². The van der Waals surface area contributed by atoms with Crippen LogP contribution in [0.4, 0.5) is 0 Å². The van der Waals surface area contributed by atoms with Gasteiger partial charge in [-0.2, -0.15) is 0 Å². The molecule has 0 unspecified atom stereocenters. The number of carbonyl (C=O) groups is 1. The summed E-state index contributed by atoms with van der Waals surface area (Å²) in [4.78, 5) is 15.8. The highest BCUT2D eigenvalue weighted by Gasteiger charge is 2.16. The molecule has 1 aromatic carbocycles. The van der Waals surface area contributed by atoms with Crippen LogP contribution in [0.25, 0.3) is 0 Å². The Kier molecular flexibility index (Phi) is 9.25. The van der Waals surface area contributed by atoms with Crippen LogP contribution in [0.1, 0.15) is 40.5 Å². The fourth-order valence-electron chi connectivity index (χ4n) is 2.35. The van der Waals surface area contributed by atoms with Crippen molar-refractivity contribution in [3.8, 4) is 0 Å². The highest BCUT2D eigenvalue weighted by atomic mass is 32.2. The lowest BCUT2D eigenvalue weighted by Crippen LogP contribution is -2.38. The Hall–Kier alpha value is -1.00. The van der Waals surface area contributed by atoms with E-state index in [2.05, 4.69) is 31.0 Å². The second-order valence-electron chi connectivity index (χ2n) is 5.65. The molecule has 2 atom stereocenters. The van der Waals surface area contributed by atoms with Gasteiger partial charge in [-0.15, -0.1) is 11.8 Å². The molecule has 0 heterocycles. The summed E-state index contributed by atoms with van der Waals surface area (Å²) >= 11 is 1.61. The maximum atomic E-state index is 12.2. The number of thioether (sulfide) groups is 1.